The van der Waals surface area contributed by atoms with Gasteiger partial charge in [-0.3, -0.25) is 0 Å². The predicted octanol–water partition coefficient (Wildman–Crippen LogP) is -1.79. The minimum absolute atomic E-state index is 0. The Hall–Kier alpha value is 0.782. The number of cyclic esters (lactones) is 1. The van der Waals surface area contributed by atoms with E-state index in [4.69, 9.17) is 20.4 Å². The Labute approximate surface area is 133 Å². The molecule has 0 amide bonds. The summed E-state index contributed by atoms with van der Waals surface area (Å²) < 4.78 is 4.32. The minimum atomic E-state index is -1.42. The van der Waals surface area contributed by atoms with Gasteiger partial charge in [0.2, 0.25) is 5.76 Å². The van der Waals surface area contributed by atoms with E-state index in [-0.39, 0.29) is 68.9 Å². The van der Waals surface area contributed by atoms with Crippen molar-refractivity contribution in [3.05, 3.63) is 11.5 Å². The Bertz CT molecular complexity index is 237. The summed E-state index contributed by atoms with van der Waals surface area (Å²) in [6.45, 7) is -0.671. The molecule has 1 heterocycles. The van der Waals surface area contributed by atoms with Crippen LogP contribution >= 0.6 is 0 Å². The van der Waals surface area contributed by atoms with Crippen molar-refractivity contribution < 1.29 is 30.0 Å². The van der Waals surface area contributed by atoms with Crippen molar-refractivity contribution in [2.75, 3.05) is 6.61 Å². The fourth-order valence-electron chi connectivity index (χ4n) is 0.823. The van der Waals surface area contributed by atoms with Crippen molar-refractivity contribution in [1.29, 1.82) is 0 Å². The number of carbonyl (C=O) groups excluding carboxylic acids is 1. The Morgan fingerprint density at radius 2 is 2.00 bits per heavy atom. The van der Waals surface area contributed by atoms with Gasteiger partial charge in [-0.1, -0.05) is 0 Å². The molecule has 0 saturated carbocycles. The number of esters is 1. The van der Waals surface area contributed by atoms with E-state index < -0.39 is 36.3 Å². The van der Waals surface area contributed by atoms with E-state index in [1.807, 2.05) is 0 Å². The molecular formula is C6H8CsO6. The van der Waals surface area contributed by atoms with Gasteiger partial charge in [0.05, 0.1) is 6.61 Å². The molecule has 0 aliphatic carbocycles. The summed E-state index contributed by atoms with van der Waals surface area (Å²) in [5.74, 6) is -2.78. The molecule has 0 saturated heterocycles. The average molecular weight is 309 g/mol. The summed E-state index contributed by atoms with van der Waals surface area (Å²) >= 11 is 0. The molecule has 6 nitrogen and oxygen atoms in total. The fourth-order valence-corrected chi connectivity index (χ4v) is 0.823. The van der Waals surface area contributed by atoms with Crippen molar-refractivity contribution in [3.63, 3.8) is 0 Å². The normalized spacial score (nSPS) is 23.8. The quantitative estimate of drug-likeness (QED) is 0.449. The maximum atomic E-state index is 10.5. The van der Waals surface area contributed by atoms with E-state index in [1.54, 1.807) is 0 Å². The molecule has 0 aromatic carbocycles. The Morgan fingerprint density at radius 3 is 2.31 bits per heavy atom. The summed E-state index contributed by atoms with van der Waals surface area (Å²) in [5.41, 5.74) is 0. The van der Waals surface area contributed by atoms with Crippen LogP contribution in [0.2, 0.25) is 0 Å². The zero-order valence-electron chi connectivity index (χ0n) is 6.97. The summed E-state index contributed by atoms with van der Waals surface area (Å²) in [6, 6.07) is 0. The SMILES string of the molecule is O=C1O[C@H]([C@@H](O)CO)C(O)=C1O.[Cs]. The first kappa shape index (κ1) is 13.8. The van der Waals surface area contributed by atoms with Gasteiger partial charge in [0, 0.05) is 68.9 Å². The molecule has 1 aliphatic heterocycles. The third kappa shape index (κ3) is 2.86. The van der Waals surface area contributed by atoms with Crippen molar-refractivity contribution in [1.82, 2.24) is 0 Å². The van der Waals surface area contributed by atoms with Crippen LogP contribution in [0.15, 0.2) is 11.5 Å². The fraction of sp³-hybridized carbons (Fsp3) is 0.500. The first-order valence-corrected chi connectivity index (χ1v) is 3.20. The molecule has 0 aromatic heterocycles. The minimum Gasteiger partial charge on any atom is -0.505 e. The van der Waals surface area contributed by atoms with Gasteiger partial charge in [-0.25, -0.2) is 4.79 Å². The molecule has 0 fully saturated rings. The smallest absolute Gasteiger partial charge is 0.377 e. The van der Waals surface area contributed by atoms with Crippen LogP contribution in [0.25, 0.3) is 0 Å². The summed E-state index contributed by atoms with van der Waals surface area (Å²) in [5, 5.41) is 35.0. The van der Waals surface area contributed by atoms with Crippen molar-refractivity contribution in [2.24, 2.45) is 0 Å². The van der Waals surface area contributed by atoms with Crippen molar-refractivity contribution in [3.8, 4) is 0 Å². The molecule has 0 unspecified atom stereocenters. The first-order valence-electron chi connectivity index (χ1n) is 3.20. The number of aliphatic hydroxyl groups is 4. The molecule has 13 heavy (non-hydrogen) atoms. The van der Waals surface area contributed by atoms with E-state index in [0.717, 1.165) is 0 Å². The van der Waals surface area contributed by atoms with Gasteiger partial charge in [0.1, 0.15) is 6.10 Å². The molecule has 69 valence electrons. The molecule has 1 rings (SSSR count). The number of hydrogen-bond donors (Lipinski definition) is 4. The van der Waals surface area contributed by atoms with Gasteiger partial charge in [-0.2, -0.15) is 0 Å². The van der Waals surface area contributed by atoms with E-state index in [1.165, 1.54) is 0 Å². The molecule has 0 bridgehead atoms. The molecule has 2 atom stereocenters. The van der Waals surface area contributed by atoms with Crippen LogP contribution in [0.3, 0.4) is 0 Å². The number of hydrogen-bond acceptors (Lipinski definition) is 6. The van der Waals surface area contributed by atoms with Gasteiger partial charge in [-0.15, -0.1) is 0 Å². The zero-order chi connectivity index (χ0) is 9.30. The Morgan fingerprint density at radius 1 is 1.46 bits per heavy atom. The second kappa shape index (κ2) is 5.61. The number of rotatable bonds is 2. The molecule has 0 aromatic rings. The largest absolute Gasteiger partial charge is 0.505 e. The van der Waals surface area contributed by atoms with Gasteiger partial charge in [0.15, 0.2) is 11.9 Å². The second-order valence-electron chi connectivity index (χ2n) is 2.31. The average Bonchev–Trinajstić information content (AvgIpc) is 2.32. The van der Waals surface area contributed by atoms with Crippen LogP contribution in [0, 0.1) is 0 Å². The van der Waals surface area contributed by atoms with Crippen LogP contribution in [-0.4, -0.2) is 114 Å². The number of carbonyl (C=O) groups is 1. The van der Waals surface area contributed by atoms with Crippen LogP contribution in [0.1, 0.15) is 0 Å². The number of aliphatic hydroxyl groups excluding tert-OH is 4. The Balaban J connectivity index is 0.00000144. The van der Waals surface area contributed by atoms with E-state index >= 15 is 0 Å². The van der Waals surface area contributed by atoms with E-state index in [2.05, 4.69) is 4.74 Å². The first-order chi connectivity index (χ1) is 5.57. The third-order valence-electron chi connectivity index (χ3n) is 1.48. The number of ether oxygens (including phenoxy) is 1. The van der Waals surface area contributed by atoms with Crippen LogP contribution in [-0.2, 0) is 9.53 Å². The maximum absolute atomic E-state index is 10.5. The van der Waals surface area contributed by atoms with E-state index in [0.29, 0.717) is 0 Å². The third-order valence-corrected chi connectivity index (χ3v) is 1.48. The van der Waals surface area contributed by atoms with Gasteiger partial charge in [-0.05, 0) is 0 Å². The van der Waals surface area contributed by atoms with Crippen LogP contribution in [0.4, 0.5) is 0 Å². The monoisotopic (exact) mass is 309 g/mol. The molecule has 1 radical (unpaired) electrons. The summed E-state index contributed by atoms with van der Waals surface area (Å²) in [6.07, 6.45) is -2.78. The Kier molecular flexibility index (Phi) is 5.95. The summed E-state index contributed by atoms with van der Waals surface area (Å²) in [4.78, 5) is 10.5. The van der Waals surface area contributed by atoms with Crippen molar-refractivity contribution in [2.45, 2.75) is 12.2 Å². The molecule has 0 spiro atoms. The standard InChI is InChI=1S/C6H8O6.Cs/c7-1-2(8)5-3(9)4(10)6(11)12-5;/h2,5,7-10H,1H2;/t2-,5+;/m0./s1. The van der Waals surface area contributed by atoms with Crippen LogP contribution in [0.5, 0.6) is 0 Å². The second-order valence-corrected chi connectivity index (χ2v) is 2.31. The molecular weight excluding hydrogens is 301 g/mol. The maximum Gasteiger partial charge on any atom is 0.377 e. The topological polar surface area (TPSA) is 107 Å². The van der Waals surface area contributed by atoms with Gasteiger partial charge < -0.3 is 25.2 Å². The van der Waals surface area contributed by atoms with Gasteiger partial charge >= 0.3 is 5.97 Å². The summed E-state index contributed by atoms with van der Waals surface area (Å²) in [7, 11) is 0. The molecule has 4 N–H and O–H groups in total. The van der Waals surface area contributed by atoms with Crippen LogP contribution < -0.4 is 0 Å². The predicted molar refractivity (Wildman–Crippen MR) is 41.0 cm³/mol. The van der Waals surface area contributed by atoms with E-state index in [9.17, 15) is 4.79 Å². The zero-order valence-corrected chi connectivity index (χ0v) is 13.2. The van der Waals surface area contributed by atoms with Gasteiger partial charge in [0.25, 0.3) is 0 Å². The molecule has 1 aliphatic rings. The molecule has 7 heteroatoms. The van der Waals surface area contributed by atoms with Crippen molar-refractivity contribution >= 4 is 74.9 Å².